The van der Waals surface area contributed by atoms with E-state index in [1.165, 1.54) is 0 Å². The zero-order valence-electron chi connectivity index (χ0n) is 12.4. The van der Waals surface area contributed by atoms with Gasteiger partial charge in [-0.2, -0.15) is 17.0 Å². The second kappa shape index (κ2) is 10.7. The van der Waals surface area contributed by atoms with Crippen LogP contribution in [-0.2, 0) is 5.75 Å². The van der Waals surface area contributed by atoms with Crippen LogP contribution in [0, 0.1) is 11.5 Å². The number of hydrogen-bond acceptors (Lipinski definition) is 6. The van der Waals surface area contributed by atoms with Crippen LogP contribution in [-0.4, -0.2) is 54.2 Å². The Balaban J connectivity index is 2.10. The molecule has 0 bridgehead atoms. The average molecular weight is 340 g/mol. The van der Waals surface area contributed by atoms with Crippen LogP contribution in [0.5, 0.6) is 0 Å². The van der Waals surface area contributed by atoms with Crippen LogP contribution in [0.25, 0.3) is 0 Å². The topological polar surface area (TPSA) is 129 Å². The van der Waals surface area contributed by atoms with Gasteiger partial charge in [-0.1, -0.05) is 0 Å². The second-order valence-electron chi connectivity index (χ2n) is 4.16. The Bertz CT molecular complexity index is 520. The Morgan fingerprint density at radius 1 is 1.59 bits per heavy atom. The average Bonchev–Trinajstić information content (AvgIpc) is 3.00. The van der Waals surface area contributed by atoms with Gasteiger partial charge < -0.3 is 21.7 Å². The third kappa shape index (κ3) is 7.70. The number of thioether (sulfide) groups is 1. The summed E-state index contributed by atoms with van der Waals surface area (Å²) in [6.45, 7) is 1.80. The molecule has 0 fully saturated rings. The molecular weight excluding hydrogens is 320 g/mol. The SMILES string of the molecule is CN(CCNC(N)=NCCSCc1nccs1)C(N)=NC#N. The lowest BCUT2D eigenvalue weighted by Crippen LogP contribution is -2.41. The number of aliphatic imine (C=N–C) groups is 2. The number of guanidine groups is 2. The van der Waals surface area contributed by atoms with Gasteiger partial charge in [-0.3, -0.25) is 4.99 Å². The number of nitriles is 1. The van der Waals surface area contributed by atoms with Gasteiger partial charge in [0.25, 0.3) is 0 Å². The van der Waals surface area contributed by atoms with Gasteiger partial charge >= 0.3 is 0 Å². The zero-order chi connectivity index (χ0) is 16.2. The van der Waals surface area contributed by atoms with Crippen molar-refractivity contribution in [2.45, 2.75) is 5.75 Å². The van der Waals surface area contributed by atoms with Crippen molar-refractivity contribution in [3.8, 4) is 6.19 Å². The standard InChI is InChI=1S/C12H20N8S2/c1-20(12(15)19-9-13)5-2-17-11(14)18-3-6-21-8-10-16-4-7-22-10/h4,7H,2-3,5-6,8H2,1H3,(H2,15,19)(H3,14,17,18). The third-order valence-corrected chi connectivity index (χ3v) is 4.45. The predicted octanol–water partition coefficient (Wildman–Crippen LogP) is 0.00818. The largest absolute Gasteiger partial charge is 0.370 e. The molecule has 1 aromatic heterocycles. The fourth-order valence-electron chi connectivity index (χ4n) is 1.37. The first-order valence-electron chi connectivity index (χ1n) is 6.56. The van der Waals surface area contributed by atoms with Gasteiger partial charge in [0.05, 0.1) is 6.54 Å². The van der Waals surface area contributed by atoms with Crippen LogP contribution in [0.4, 0.5) is 0 Å². The molecule has 5 N–H and O–H groups in total. The summed E-state index contributed by atoms with van der Waals surface area (Å²) < 4.78 is 0. The molecule has 0 amide bonds. The van der Waals surface area contributed by atoms with Crippen molar-refractivity contribution in [1.29, 1.82) is 5.26 Å². The molecule has 1 heterocycles. The summed E-state index contributed by atoms with van der Waals surface area (Å²) in [7, 11) is 1.75. The molecule has 1 rings (SSSR count). The van der Waals surface area contributed by atoms with E-state index in [0.717, 1.165) is 16.5 Å². The van der Waals surface area contributed by atoms with Crippen molar-refractivity contribution in [1.82, 2.24) is 15.2 Å². The van der Waals surface area contributed by atoms with E-state index in [-0.39, 0.29) is 5.96 Å². The lowest BCUT2D eigenvalue weighted by atomic mass is 10.5. The van der Waals surface area contributed by atoms with Crippen molar-refractivity contribution in [3.63, 3.8) is 0 Å². The highest BCUT2D eigenvalue weighted by atomic mass is 32.2. The fourth-order valence-corrected chi connectivity index (χ4v) is 2.91. The van der Waals surface area contributed by atoms with Crippen LogP contribution in [0.2, 0.25) is 0 Å². The molecule has 0 saturated carbocycles. The van der Waals surface area contributed by atoms with Gasteiger partial charge in [0, 0.05) is 43.2 Å². The summed E-state index contributed by atoms with van der Waals surface area (Å²) in [6.07, 6.45) is 3.46. The Morgan fingerprint density at radius 3 is 3.09 bits per heavy atom. The molecule has 0 unspecified atom stereocenters. The number of thiazole rings is 1. The molecule has 0 saturated heterocycles. The van der Waals surface area contributed by atoms with Crippen molar-refractivity contribution in [3.05, 3.63) is 16.6 Å². The van der Waals surface area contributed by atoms with Gasteiger partial charge in [0.2, 0.25) is 12.2 Å². The van der Waals surface area contributed by atoms with E-state index in [0.29, 0.717) is 25.6 Å². The van der Waals surface area contributed by atoms with Crippen LogP contribution in [0.1, 0.15) is 5.01 Å². The maximum atomic E-state index is 8.40. The molecule has 0 aliphatic heterocycles. The normalized spacial score (nSPS) is 12.0. The van der Waals surface area contributed by atoms with E-state index in [9.17, 15) is 0 Å². The molecule has 0 spiro atoms. The quantitative estimate of drug-likeness (QED) is 0.263. The summed E-state index contributed by atoms with van der Waals surface area (Å²) in [5.74, 6) is 2.38. The molecular formula is C12H20N8S2. The fraction of sp³-hybridized carbons (Fsp3) is 0.500. The van der Waals surface area contributed by atoms with Crippen molar-refractivity contribution in [2.24, 2.45) is 21.5 Å². The van der Waals surface area contributed by atoms with Crippen LogP contribution in [0.15, 0.2) is 21.6 Å². The number of aromatic nitrogens is 1. The van der Waals surface area contributed by atoms with E-state index < -0.39 is 0 Å². The first-order chi connectivity index (χ1) is 10.6. The van der Waals surface area contributed by atoms with E-state index in [2.05, 4.69) is 20.3 Å². The number of hydrogen-bond donors (Lipinski definition) is 3. The van der Waals surface area contributed by atoms with Gasteiger partial charge in [0.15, 0.2) is 5.96 Å². The molecule has 10 heteroatoms. The number of likely N-dealkylation sites (N-methyl/N-ethyl adjacent to an activating group) is 1. The summed E-state index contributed by atoms with van der Waals surface area (Å²) in [6, 6.07) is 0. The first-order valence-corrected chi connectivity index (χ1v) is 8.60. The smallest absolute Gasteiger partial charge is 0.209 e. The Labute approximate surface area is 138 Å². The highest BCUT2D eigenvalue weighted by Gasteiger charge is 2.01. The summed E-state index contributed by atoms with van der Waals surface area (Å²) in [5, 5.41) is 14.5. The number of rotatable bonds is 8. The van der Waals surface area contributed by atoms with E-state index >= 15 is 0 Å². The Kier molecular flexibility index (Phi) is 8.78. The van der Waals surface area contributed by atoms with Crippen molar-refractivity contribution >= 4 is 35.0 Å². The number of nitrogens with zero attached hydrogens (tertiary/aromatic N) is 5. The third-order valence-electron chi connectivity index (χ3n) is 2.54. The first kappa shape index (κ1) is 18.1. The van der Waals surface area contributed by atoms with Crippen LogP contribution >= 0.6 is 23.1 Å². The van der Waals surface area contributed by atoms with Crippen LogP contribution in [0.3, 0.4) is 0 Å². The molecule has 22 heavy (non-hydrogen) atoms. The molecule has 0 atom stereocenters. The van der Waals surface area contributed by atoms with Gasteiger partial charge in [-0.15, -0.1) is 16.3 Å². The van der Waals surface area contributed by atoms with Crippen LogP contribution < -0.4 is 16.8 Å². The number of nitrogens with two attached hydrogens (primary N) is 2. The molecule has 0 aromatic carbocycles. The van der Waals surface area contributed by atoms with Gasteiger partial charge in [0.1, 0.15) is 5.01 Å². The molecule has 1 aromatic rings. The summed E-state index contributed by atoms with van der Waals surface area (Å²) in [4.78, 5) is 13.6. The van der Waals surface area contributed by atoms with Crippen molar-refractivity contribution in [2.75, 3.05) is 32.4 Å². The predicted molar refractivity (Wildman–Crippen MR) is 92.6 cm³/mol. The minimum absolute atomic E-state index is 0.179. The summed E-state index contributed by atoms with van der Waals surface area (Å²) >= 11 is 3.43. The lowest BCUT2D eigenvalue weighted by Gasteiger charge is -2.17. The summed E-state index contributed by atoms with van der Waals surface area (Å²) in [5.41, 5.74) is 11.3. The molecule has 0 radical (unpaired) electrons. The van der Waals surface area contributed by atoms with Crippen molar-refractivity contribution < 1.29 is 0 Å². The minimum atomic E-state index is 0.179. The van der Waals surface area contributed by atoms with E-state index in [4.69, 9.17) is 16.7 Å². The highest BCUT2D eigenvalue weighted by Crippen LogP contribution is 2.13. The Hall–Kier alpha value is -1.99. The number of nitrogens with one attached hydrogen (secondary N) is 1. The zero-order valence-corrected chi connectivity index (χ0v) is 14.0. The van der Waals surface area contributed by atoms with Gasteiger partial charge in [-0.25, -0.2) is 4.98 Å². The second-order valence-corrected chi connectivity index (χ2v) is 6.25. The molecule has 0 aliphatic carbocycles. The van der Waals surface area contributed by atoms with Gasteiger partial charge in [-0.05, 0) is 0 Å². The lowest BCUT2D eigenvalue weighted by molar-refractivity contribution is 0.498. The maximum absolute atomic E-state index is 8.40. The molecule has 120 valence electrons. The van der Waals surface area contributed by atoms with E-state index in [1.807, 2.05) is 11.6 Å². The molecule has 8 nitrogen and oxygen atoms in total. The highest BCUT2D eigenvalue weighted by molar-refractivity contribution is 7.98. The maximum Gasteiger partial charge on any atom is 0.209 e. The Morgan fingerprint density at radius 2 is 2.41 bits per heavy atom. The minimum Gasteiger partial charge on any atom is -0.370 e. The molecule has 0 aliphatic rings. The monoisotopic (exact) mass is 340 g/mol. The van der Waals surface area contributed by atoms with E-state index in [1.54, 1.807) is 41.2 Å².